The van der Waals surface area contributed by atoms with Gasteiger partial charge in [-0.25, -0.2) is 4.98 Å². The van der Waals surface area contributed by atoms with Crippen molar-refractivity contribution in [2.75, 3.05) is 31.1 Å². The van der Waals surface area contributed by atoms with Crippen molar-refractivity contribution in [3.05, 3.63) is 35.2 Å². The highest BCUT2D eigenvalue weighted by molar-refractivity contribution is 7.14. The second kappa shape index (κ2) is 5.69. The molecule has 3 N–H and O–H groups in total. The van der Waals surface area contributed by atoms with E-state index in [2.05, 4.69) is 27.7 Å². The second-order valence-electron chi connectivity index (χ2n) is 4.66. The van der Waals surface area contributed by atoms with E-state index in [0.29, 0.717) is 6.54 Å². The van der Waals surface area contributed by atoms with Gasteiger partial charge in [-0.05, 0) is 11.6 Å². The van der Waals surface area contributed by atoms with Crippen LogP contribution in [0.25, 0.3) is 11.3 Å². The monoisotopic (exact) mass is 274 g/mol. The maximum atomic E-state index is 5.69. The molecule has 2 heterocycles. The number of nitrogens with two attached hydrogens (primary N) is 1. The van der Waals surface area contributed by atoms with Gasteiger partial charge in [0, 0.05) is 43.7 Å². The summed E-state index contributed by atoms with van der Waals surface area (Å²) >= 11 is 1.72. The summed E-state index contributed by atoms with van der Waals surface area (Å²) in [7, 11) is 0. The summed E-state index contributed by atoms with van der Waals surface area (Å²) in [5, 5.41) is 6.61. The Bertz CT molecular complexity index is 546. The van der Waals surface area contributed by atoms with Gasteiger partial charge in [0.05, 0.1) is 5.69 Å². The average molecular weight is 274 g/mol. The first-order valence-corrected chi connectivity index (χ1v) is 7.45. The van der Waals surface area contributed by atoms with Gasteiger partial charge < -0.3 is 16.0 Å². The van der Waals surface area contributed by atoms with E-state index in [-0.39, 0.29) is 0 Å². The van der Waals surface area contributed by atoms with Gasteiger partial charge in [0.1, 0.15) is 0 Å². The normalized spacial score (nSPS) is 15.7. The van der Waals surface area contributed by atoms with Crippen molar-refractivity contribution < 1.29 is 0 Å². The molecule has 5 heteroatoms. The number of benzene rings is 1. The van der Waals surface area contributed by atoms with Crippen LogP contribution in [0.3, 0.4) is 0 Å². The molecule has 1 aliphatic heterocycles. The Balaban J connectivity index is 1.83. The van der Waals surface area contributed by atoms with Gasteiger partial charge in [-0.15, -0.1) is 11.3 Å². The Morgan fingerprint density at radius 3 is 2.95 bits per heavy atom. The minimum Gasteiger partial charge on any atom is -0.346 e. The molecule has 1 fully saturated rings. The number of hydrogen-bond donors (Lipinski definition) is 2. The van der Waals surface area contributed by atoms with E-state index in [4.69, 9.17) is 10.7 Å². The smallest absolute Gasteiger partial charge is 0.185 e. The molecule has 1 aromatic carbocycles. The van der Waals surface area contributed by atoms with Gasteiger partial charge in [-0.2, -0.15) is 0 Å². The van der Waals surface area contributed by atoms with Crippen molar-refractivity contribution in [3.8, 4) is 11.3 Å². The standard InChI is InChI=1S/C14H18N4S/c15-9-11-2-1-3-12(8-11)13-10-19-14(17-13)18-6-4-16-5-7-18/h1-3,8,10,16H,4-7,9,15H2. The Labute approximate surface area is 117 Å². The molecule has 3 rings (SSSR count). The molecular formula is C14H18N4S. The van der Waals surface area contributed by atoms with Crippen LogP contribution in [-0.2, 0) is 6.54 Å². The van der Waals surface area contributed by atoms with Crippen LogP contribution in [-0.4, -0.2) is 31.2 Å². The molecule has 2 aromatic rings. The largest absolute Gasteiger partial charge is 0.346 e. The van der Waals surface area contributed by atoms with Gasteiger partial charge >= 0.3 is 0 Å². The summed E-state index contributed by atoms with van der Waals surface area (Å²) in [6.07, 6.45) is 0. The quantitative estimate of drug-likeness (QED) is 0.894. The molecule has 0 unspecified atom stereocenters. The van der Waals surface area contributed by atoms with E-state index in [1.807, 2.05) is 12.1 Å². The van der Waals surface area contributed by atoms with Crippen molar-refractivity contribution in [3.63, 3.8) is 0 Å². The first-order valence-electron chi connectivity index (χ1n) is 6.57. The van der Waals surface area contributed by atoms with E-state index in [0.717, 1.165) is 48.1 Å². The number of rotatable bonds is 3. The number of nitrogens with one attached hydrogen (secondary N) is 1. The first kappa shape index (κ1) is 12.6. The van der Waals surface area contributed by atoms with E-state index in [9.17, 15) is 0 Å². The van der Waals surface area contributed by atoms with Crippen molar-refractivity contribution in [1.29, 1.82) is 0 Å². The molecule has 1 aliphatic rings. The third-order valence-electron chi connectivity index (χ3n) is 3.34. The van der Waals surface area contributed by atoms with Gasteiger partial charge in [0.25, 0.3) is 0 Å². The lowest BCUT2D eigenvalue weighted by molar-refractivity contribution is 0.588. The molecule has 0 atom stereocenters. The minimum absolute atomic E-state index is 0.572. The lowest BCUT2D eigenvalue weighted by Gasteiger charge is -2.26. The molecule has 4 nitrogen and oxygen atoms in total. The number of piperazine rings is 1. The van der Waals surface area contributed by atoms with Crippen LogP contribution in [0.2, 0.25) is 0 Å². The number of thiazole rings is 1. The molecule has 1 saturated heterocycles. The fraction of sp³-hybridized carbons (Fsp3) is 0.357. The number of hydrogen-bond acceptors (Lipinski definition) is 5. The third-order valence-corrected chi connectivity index (χ3v) is 4.24. The fourth-order valence-corrected chi connectivity index (χ4v) is 3.14. The molecule has 19 heavy (non-hydrogen) atoms. The zero-order chi connectivity index (χ0) is 13.1. The predicted octanol–water partition coefficient (Wildman–Crippen LogP) is 1.68. The molecule has 0 spiro atoms. The van der Waals surface area contributed by atoms with Crippen LogP contribution in [0.4, 0.5) is 5.13 Å². The van der Waals surface area contributed by atoms with Gasteiger partial charge in [-0.3, -0.25) is 0 Å². The van der Waals surface area contributed by atoms with Crippen LogP contribution in [0.15, 0.2) is 29.6 Å². The fourth-order valence-electron chi connectivity index (χ4n) is 2.26. The molecule has 0 bridgehead atoms. The SMILES string of the molecule is NCc1cccc(-c2csc(N3CCNCC3)n2)c1. The van der Waals surface area contributed by atoms with E-state index in [1.165, 1.54) is 0 Å². The van der Waals surface area contributed by atoms with Gasteiger partial charge in [0.2, 0.25) is 0 Å². The van der Waals surface area contributed by atoms with Crippen molar-refractivity contribution in [2.24, 2.45) is 5.73 Å². The van der Waals surface area contributed by atoms with Crippen LogP contribution >= 0.6 is 11.3 Å². The molecular weight excluding hydrogens is 256 g/mol. The van der Waals surface area contributed by atoms with Gasteiger partial charge in [-0.1, -0.05) is 18.2 Å². The van der Waals surface area contributed by atoms with Crippen molar-refractivity contribution in [1.82, 2.24) is 10.3 Å². The Hall–Kier alpha value is -1.43. The zero-order valence-electron chi connectivity index (χ0n) is 10.8. The Morgan fingerprint density at radius 2 is 2.16 bits per heavy atom. The number of anilines is 1. The molecule has 0 aliphatic carbocycles. The average Bonchev–Trinajstić information content (AvgIpc) is 2.98. The minimum atomic E-state index is 0.572. The van der Waals surface area contributed by atoms with Crippen LogP contribution in [0.1, 0.15) is 5.56 Å². The Morgan fingerprint density at radius 1 is 1.32 bits per heavy atom. The van der Waals surface area contributed by atoms with E-state index < -0.39 is 0 Å². The molecule has 0 amide bonds. The maximum Gasteiger partial charge on any atom is 0.185 e. The number of aromatic nitrogens is 1. The van der Waals surface area contributed by atoms with Gasteiger partial charge in [0.15, 0.2) is 5.13 Å². The predicted molar refractivity (Wildman–Crippen MR) is 80.5 cm³/mol. The number of nitrogens with zero attached hydrogens (tertiary/aromatic N) is 2. The van der Waals surface area contributed by atoms with Crippen LogP contribution < -0.4 is 16.0 Å². The van der Waals surface area contributed by atoms with Crippen molar-refractivity contribution >= 4 is 16.5 Å². The van der Waals surface area contributed by atoms with Crippen LogP contribution in [0.5, 0.6) is 0 Å². The second-order valence-corrected chi connectivity index (χ2v) is 5.49. The lowest BCUT2D eigenvalue weighted by atomic mass is 10.1. The summed E-state index contributed by atoms with van der Waals surface area (Å²) in [6, 6.07) is 8.31. The summed E-state index contributed by atoms with van der Waals surface area (Å²) < 4.78 is 0. The first-order chi connectivity index (χ1) is 9.36. The Kier molecular flexibility index (Phi) is 3.77. The molecule has 0 radical (unpaired) electrons. The third kappa shape index (κ3) is 2.78. The topological polar surface area (TPSA) is 54.2 Å². The molecule has 0 saturated carbocycles. The summed E-state index contributed by atoms with van der Waals surface area (Å²) in [5.74, 6) is 0. The maximum absolute atomic E-state index is 5.69. The van der Waals surface area contributed by atoms with Crippen molar-refractivity contribution in [2.45, 2.75) is 6.54 Å². The molecule has 1 aromatic heterocycles. The lowest BCUT2D eigenvalue weighted by Crippen LogP contribution is -2.43. The molecule has 100 valence electrons. The summed E-state index contributed by atoms with van der Waals surface area (Å²) in [5.41, 5.74) is 9.04. The zero-order valence-corrected chi connectivity index (χ0v) is 11.6. The van der Waals surface area contributed by atoms with E-state index in [1.54, 1.807) is 11.3 Å². The highest BCUT2D eigenvalue weighted by atomic mass is 32.1. The van der Waals surface area contributed by atoms with Crippen LogP contribution in [0, 0.1) is 0 Å². The highest BCUT2D eigenvalue weighted by Crippen LogP contribution is 2.28. The van der Waals surface area contributed by atoms with E-state index >= 15 is 0 Å². The summed E-state index contributed by atoms with van der Waals surface area (Å²) in [4.78, 5) is 7.10. The highest BCUT2D eigenvalue weighted by Gasteiger charge is 2.14. The summed E-state index contributed by atoms with van der Waals surface area (Å²) in [6.45, 7) is 4.73.